The molecular weight excluding hydrogens is 220 g/mol. The molecule has 1 amide bonds. The minimum absolute atomic E-state index is 0.0155. The Labute approximate surface area is 99.3 Å². The van der Waals surface area contributed by atoms with E-state index in [0.717, 1.165) is 16.6 Å². The summed E-state index contributed by atoms with van der Waals surface area (Å²) in [5.74, 6) is 0.541. The average molecular weight is 232 g/mol. The van der Waals surface area contributed by atoms with Gasteiger partial charge in [0.1, 0.15) is 0 Å². The first-order valence-electron chi connectivity index (χ1n) is 5.05. The van der Waals surface area contributed by atoms with Gasteiger partial charge in [0.25, 0.3) is 0 Å². The number of hydrogen-bond acceptors (Lipinski definition) is 3. The van der Waals surface area contributed by atoms with Gasteiger partial charge in [0.2, 0.25) is 5.91 Å². The molecule has 0 aliphatic rings. The molecule has 0 aliphatic carbocycles. The average Bonchev–Trinajstić information content (AvgIpc) is 2.29. The summed E-state index contributed by atoms with van der Waals surface area (Å²) in [5.41, 5.74) is 1.72. The number of benzene rings is 1. The van der Waals surface area contributed by atoms with E-state index in [0.29, 0.717) is 12.2 Å². The molecular formula is C12H12N2OS. The molecule has 2 aromatic rings. The van der Waals surface area contributed by atoms with E-state index in [9.17, 15) is 4.79 Å². The van der Waals surface area contributed by atoms with Gasteiger partial charge in [0.05, 0.1) is 5.52 Å². The van der Waals surface area contributed by atoms with Crippen LogP contribution in [0.4, 0.5) is 5.69 Å². The van der Waals surface area contributed by atoms with Crippen molar-refractivity contribution in [1.82, 2.24) is 4.98 Å². The molecule has 0 aliphatic heterocycles. The van der Waals surface area contributed by atoms with Crippen molar-refractivity contribution in [3.05, 3.63) is 36.5 Å². The molecule has 1 heterocycles. The van der Waals surface area contributed by atoms with Gasteiger partial charge >= 0.3 is 0 Å². The first kappa shape index (κ1) is 11.0. The van der Waals surface area contributed by atoms with Gasteiger partial charge in [-0.2, -0.15) is 12.6 Å². The molecule has 0 bridgehead atoms. The van der Waals surface area contributed by atoms with Gasteiger partial charge < -0.3 is 5.32 Å². The summed E-state index contributed by atoms with van der Waals surface area (Å²) in [5, 5.41) is 3.84. The number of nitrogens with one attached hydrogen (secondary N) is 1. The molecule has 0 radical (unpaired) electrons. The molecule has 82 valence electrons. The number of nitrogens with zero attached hydrogens (tertiary/aromatic N) is 1. The summed E-state index contributed by atoms with van der Waals surface area (Å²) in [7, 11) is 0. The summed E-state index contributed by atoms with van der Waals surface area (Å²) in [6.07, 6.45) is 2.18. The van der Waals surface area contributed by atoms with Gasteiger partial charge in [-0.25, -0.2) is 0 Å². The van der Waals surface area contributed by atoms with Gasteiger partial charge in [-0.3, -0.25) is 9.78 Å². The number of carbonyl (C=O) groups excluding carboxylic acids is 1. The van der Waals surface area contributed by atoms with E-state index >= 15 is 0 Å². The zero-order valence-electron chi connectivity index (χ0n) is 8.68. The maximum atomic E-state index is 11.4. The van der Waals surface area contributed by atoms with Gasteiger partial charge in [0, 0.05) is 23.7 Å². The van der Waals surface area contributed by atoms with E-state index in [1.165, 1.54) is 0 Å². The molecule has 0 spiro atoms. The third kappa shape index (κ3) is 2.52. The second-order valence-corrected chi connectivity index (χ2v) is 3.88. The van der Waals surface area contributed by atoms with E-state index in [4.69, 9.17) is 0 Å². The van der Waals surface area contributed by atoms with Crippen molar-refractivity contribution in [3.8, 4) is 0 Å². The first-order valence-corrected chi connectivity index (χ1v) is 5.68. The Morgan fingerprint density at radius 2 is 2.25 bits per heavy atom. The largest absolute Gasteiger partial charge is 0.326 e. The topological polar surface area (TPSA) is 42.0 Å². The van der Waals surface area contributed by atoms with E-state index in [1.54, 1.807) is 6.20 Å². The minimum Gasteiger partial charge on any atom is -0.326 e. The Hall–Kier alpha value is -1.55. The predicted molar refractivity (Wildman–Crippen MR) is 68.8 cm³/mol. The van der Waals surface area contributed by atoms with Gasteiger partial charge in [-0.05, 0) is 30.0 Å². The maximum absolute atomic E-state index is 11.4. The molecule has 0 atom stereocenters. The summed E-state index contributed by atoms with van der Waals surface area (Å²) in [4.78, 5) is 15.6. The van der Waals surface area contributed by atoms with Crippen LogP contribution < -0.4 is 5.32 Å². The molecule has 0 fully saturated rings. The molecule has 1 N–H and O–H groups in total. The zero-order valence-corrected chi connectivity index (χ0v) is 9.58. The Morgan fingerprint density at radius 1 is 1.38 bits per heavy atom. The van der Waals surface area contributed by atoms with Crippen LogP contribution in [0.1, 0.15) is 6.42 Å². The second-order valence-electron chi connectivity index (χ2n) is 3.43. The number of anilines is 1. The van der Waals surface area contributed by atoms with E-state index < -0.39 is 0 Å². The van der Waals surface area contributed by atoms with Crippen molar-refractivity contribution < 1.29 is 4.79 Å². The highest BCUT2D eigenvalue weighted by atomic mass is 32.1. The van der Waals surface area contributed by atoms with Crippen molar-refractivity contribution in [3.63, 3.8) is 0 Å². The van der Waals surface area contributed by atoms with Gasteiger partial charge in [-0.15, -0.1) is 0 Å². The fraction of sp³-hybridized carbons (Fsp3) is 0.167. The fourth-order valence-corrected chi connectivity index (χ4v) is 1.68. The van der Waals surface area contributed by atoms with Crippen LogP contribution in [0, 0.1) is 0 Å². The van der Waals surface area contributed by atoms with Crippen molar-refractivity contribution in [2.24, 2.45) is 0 Å². The van der Waals surface area contributed by atoms with Crippen molar-refractivity contribution in [2.75, 3.05) is 11.1 Å². The Morgan fingerprint density at radius 3 is 3.06 bits per heavy atom. The van der Waals surface area contributed by atoms with Gasteiger partial charge in [0.15, 0.2) is 0 Å². The van der Waals surface area contributed by atoms with Crippen LogP contribution >= 0.6 is 12.6 Å². The van der Waals surface area contributed by atoms with Crippen LogP contribution in [0.2, 0.25) is 0 Å². The number of pyridine rings is 1. The fourth-order valence-electron chi connectivity index (χ4n) is 1.48. The molecule has 3 nitrogen and oxygen atoms in total. The lowest BCUT2D eigenvalue weighted by molar-refractivity contribution is -0.115. The summed E-state index contributed by atoms with van der Waals surface area (Å²) >= 11 is 4.01. The molecule has 0 saturated carbocycles. The third-order valence-electron chi connectivity index (χ3n) is 2.23. The smallest absolute Gasteiger partial charge is 0.225 e. The monoisotopic (exact) mass is 232 g/mol. The first-order chi connectivity index (χ1) is 7.79. The molecule has 0 saturated heterocycles. The molecule has 1 aromatic heterocycles. The lowest BCUT2D eigenvalue weighted by Gasteiger charge is -2.05. The number of thiol groups is 1. The molecule has 4 heteroatoms. The van der Waals surface area contributed by atoms with Crippen LogP contribution in [0.5, 0.6) is 0 Å². The number of hydrogen-bond donors (Lipinski definition) is 2. The van der Waals surface area contributed by atoms with Crippen LogP contribution in [0.25, 0.3) is 10.9 Å². The van der Waals surface area contributed by atoms with Crippen molar-refractivity contribution >= 4 is 35.1 Å². The lowest BCUT2D eigenvalue weighted by atomic mass is 10.2. The molecule has 1 aromatic carbocycles. The van der Waals surface area contributed by atoms with Crippen LogP contribution in [0.15, 0.2) is 36.5 Å². The normalized spacial score (nSPS) is 10.3. The van der Waals surface area contributed by atoms with Crippen LogP contribution in [-0.4, -0.2) is 16.6 Å². The maximum Gasteiger partial charge on any atom is 0.225 e. The highest BCUT2D eigenvalue weighted by Gasteiger charge is 2.01. The highest BCUT2D eigenvalue weighted by molar-refractivity contribution is 7.80. The number of amides is 1. The summed E-state index contributed by atoms with van der Waals surface area (Å²) in [6.45, 7) is 0. The number of carbonyl (C=O) groups is 1. The van der Waals surface area contributed by atoms with Crippen molar-refractivity contribution in [2.45, 2.75) is 6.42 Å². The minimum atomic E-state index is -0.0155. The van der Waals surface area contributed by atoms with Crippen molar-refractivity contribution in [1.29, 1.82) is 0 Å². The quantitative estimate of drug-likeness (QED) is 0.798. The molecule has 2 rings (SSSR count). The second kappa shape index (κ2) is 4.99. The summed E-state index contributed by atoms with van der Waals surface area (Å²) < 4.78 is 0. The lowest BCUT2D eigenvalue weighted by Crippen LogP contribution is -2.11. The van der Waals surface area contributed by atoms with E-state index in [-0.39, 0.29) is 5.91 Å². The third-order valence-corrected chi connectivity index (χ3v) is 2.45. The number of fused-ring (bicyclic) bond motifs is 1. The Bertz CT molecular complexity index is 513. The molecule has 0 unspecified atom stereocenters. The van der Waals surface area contributed by atoms with Crippen LogP contribution in [0.3, 0.4) is 0 Å². The SMILES string of the molecule is O=C(CCS)Nc1ccc2ncccc2c1. The predicted octanol–water partition coefficient (Wildman–Crippen LogP) is 2.49. The Balaban J connectivity index is 2.22. The highest BCUT2D eigenvalue weighted by Crippen LogP contribution is 2.16. The zero-order chi connectivity index (χ0) is 11.4. The van der Waals surface area contributed by atoms with E-state index in [1.807, 2.05) is 30.3 Å². The van der Waals surface area contributed by atoms with Crippen LogP contribution in [-0.2, 0) is 4.79 Å². The van der Waals surface area contributed by atoms with E-state index in [2.05, 4.69) is 22.9 Å². The summed E-state index contributed by atoms with van der Waals surface area (Å²) in [6, 6.07) is 9.51. The standard InChI is InChI=1S/C12H12N2OS/c15-12(5-7-16)14-10-3-4-11-9(8-10)2-1-6-13-11/h1-4,6,8,16H,5,7H2,(H,14,15). The molecule has 16 heavy (non-hydrogen) atoms. The van der Waals surface area contributed by atoms with Gasteiger partial charge in [-0.1, -0.05) is 6.07 Å². The Kier molecular flexibility index (Phi) is 3.41. The number of rotatable bonds is 3. The number of aromatic nitrogens is 1.